The summed E-state index contributed by atoms with van der Waals surface area (Å²) in [6, 6.07) is 14.4. The highest BCUT2D eigenvalue weighted by Crippen LogP contribution is 2.37. The molecule has 1 heterocycles. The zero-order chi connectivity index (χ0) is 15.5. The average molecular weight is 296 g/mol. The fourth-order valence-electron chi connectivity index (χ4n) is 2.38. The average Bonchev–Trinajstić information content (AvgIpc) is 2.55. The van der Waals surface area contributed by atoms with Crippen molar-refractivity contribution in [3.05, 3.63) is 59.0 Å². The Morgan fingerprint density at radius 2 is 1.91 bits per heavy atom. The van der Waals surface area contributed by atoms with Gasteiger partial charge in [-0.15, -0.1) is 0 Å². The summed E-state index contributed by atoms with van der Waals surface area (Å²) in [5.74, 6) is 0.184. The van der Waals surface area contributed by atoms with Gasteiger partial charge in [0.2, 0.25) is 5.75 Å². The van der Waals surface area contributed by atoms with Gasteiger partial charge in [-0.25, -0.2) is 4.79 Å². The zero-order valence-corrected chi connectivity index (χ0v) is 12.2. The van der Waals surface area contributed by atoms with Gasteiger partial charge < -0.3 is 14.3 Å². The second kappa shape index (κ2) is 5.93. The molecule has 0 fully saturated rings. The highest BCUT2D eigenvalue weighted by molar-refractivity contribution is 5.97. The first-order valence-corrected chi connectivity index (χ1v) is 7.18. The smallest absolute Gasteiger partial charge is 0.336 e. The molecule has 0 unspecified atom stereocenters. The van der Waals surface area contributed by atoms with Crippen LogP contribution < -0.4 is 10.4 Å². The molecule has 0 amide bonds. The normalized spacial score (nSPS) is 10.8. The number of phenols is 1. The van der Waals surface area contributed by atoms with E-state index in [0.29, 0.717) is 17.7 Å². The van der Waals surface area contributed by atoms with Gasteiger partial charge in [0.15, 0.2) is 11.3 Å². The van der Waals surface area contributed by atoms with E-state index in [1.807, 2.05) is 37.3 Å². The highest BCUT2D eigenvalue weighted by Gasteiger charge is 2.14. The first-order chi connectivity index (χ1) is 10.7. The minimum absolute atomic E-state index is 0.138. The molecule has 1 N–H and O–H groups in total. The molecule has 3 rings (SSSR count). The van der Waals surface area contributed by atoms with Crippen molar-refractivity contribution in [2.24, 2.45) is 0 Å². The molecule has 0 aliphatic heterocycles. The lowest BCUT2D eigenvalue weighted by Crippen LogP contribution is -2.00. The van der Waals surface area contributed by atoms with E-state index in [-0.39, 0.29) is 11.3 Å². The second-order valence-corrected chi connectivity index (χ2v) is 4.98. The van der Waals surface area contributed by atoms with Crippen molar-refractivity contribution in [2.45, 2.75) is 13.3 Å². The van der Waals surface area contributed by atoms with Crippen LogP contribution in [0.25, 0.3) is 22.1 Å². The van der Waals surface area contributed by atoms with Crippen molar-refractivity contribution < 1.29 is 14.3 Å². The van der Waals surface area contributed by atoms with Gasteiger partial charge in [0.05, 0.1) is 6.61 Å². The van der Waals surface area contributed by atoms with Gasteiger partial charge in [0.1, 0.15) is 0 Å². The Kier molecular flexibility index (Phi) is 3.83. The van der Waals surface area contributed by atoms with Crippen molar-refractivity contribution in [2.75, 3.05) is 6.61 Å². The van der Waals surface area contributed by atoms with E-state index in [9.17, 15) is 9.90 Å². The third-order valence-corrected chi connectivity index (χ3v) is 3.40. The van der Waals surface area contributed by atoms with Crippen LogP contribution in [0.4, 0.5) is 0 Å². The Labute approximate surface area is 127 Å². The standard InChI is InChI=1S/C18H16O4/c1-2-10-21-15-9-8-13-14(12-6-4-3-5-7-12)11-16(19)22-18(13)17(15)20/h3-9,11,20H,2,10H2,1H3. The first-order valence-electron chi connectivity index (χ1n) is 7.18. The number of hydrogen-bond acceptors (Lipinski definition) is 4. The van der Waals surface area contributed by atoms with E-state index in [1.54, 1.807) is 12.1 Å². The number of rotatable bonds is 4. The van der Waals surface area contributed by atoms with Crippen molar-refractivity contribution in [1.29, 1.82) is 0 Å². The lowest BCUT2D eigenvalue weighted by molar-refractivity contribution is 0.299. The summed E-state index contributed by atoms with van der Waals surface area (Å²) in [6.07, 6.45) is 0.825. The Morgan fingerprint density at radius 3 is 2.64 bits per heavy atom. The van der Waals surface area contributed by atoms with Gasteiger partial charge >= 0.3 is 5.63 Å². The lowest BCUT2D eigenvalue weighted by Gasteiger charge is -2.10. The van der Waals surface area contributed by atoms with Crippen LogP contribution >= 0.6 is 0 Å². The number of aromatic hydroxyl groups is 1. The maximum Gasteiger partial charge on any atom is 0.336 e. The SMILES string of the molecule is CCCOc1ccc2c(-c3ccccc3)cc(=O)oc2c1O. The lowest BCUT2D eigenvalue weighted by atomic mass is 10.0. The van der Waals surface area contributed by atoms with E-state index in [2.05, 4.69) is 0 Å². The molecule has 22 heavy (non-hydrogen) atoms. The summed E-state index contributed by atoms with van der Waals surface area (Å²) in [5.41, 5.74) is 1.26. The van der Waals surface area contributed by atoms with Gasteiger partial charge in [-0.1, -0.05) is 37.3 Å². The van der Waals surface area contributed by atoms with Gasteiger partial charge in [-0.05, 0) is 29.7 Å². The number of phenolic OH excluding ortho intramolecular Hbond substituents is 1. The highest BCUT2D eigenvalue weighted by atomic mass is 16.5. The molecule has 112 valence electrons. The Hall–Kier alpha value is -2.75. The predicted molar refractivity (Wildman–Crippen MR) is 85.4 cm³/mol. The van der Waals surface area contributed by atoms with E-state index in [4.69, 9.17) is 9.15 Å². The van der Waals surface area contributed by atoms with E-state index < -0.39 is 5.63 Å². The second-order valence-electron chi connectivity index (χ2n) is 4.98. The third kappa shape index (κ3) is 2.55. The molecule has 0 atom stereocenters. The van der Waals surface area contributed by atoms with Crippen LogP contribution in [0.15, 0.2) is 57.7 Å². The largest absolute Gasteiger partial charge is 0.502 e. The molecule has 0 saturated carbocycles. The van der Waals surface area contributed by atoms with Crippen molar-refractivity contribution in [1.82, 2.24) is 0 Å². The molecule has 4 heteroatoms. The van der Waals surface area contributed by atoms with E-state index in [1.165, 1.54) is 6.07 Å². The molecule has 0 radical (unpaired) electrons. The van der Waals surface area contributed by atoms with Crippen LogP contribution in [0.1, 0.15) is 13.3 Å². The summed E-state index contributed by atoms with van der Waals surface area (Å²) in [4.78, 5) is 11.8. The minimum Gasteiger partial charge on any atom is -0.502 e. The maximum absolute atomic E-state index is 11.8. The van der Waals surface area contributed by atoms with Gasteiger partial charge in [0.25, 0.3) is 0 Å². The van der Waals surface area contributed by atoms with Crippen LogP contribution in [0.2, 0.25) is 0 Å². The fraction of sp³-hybridized carbons (Fsp3) is 0.167. The van der Waals surface area contributed by atoms with Crippen molar-refractivity contribution in [3.8, 4) is 22.6 Å². The van der Waals surface area contributed by atoms with Crippen LogP contribution in [0.5, 0.6) is 11.5 Å². The molecular formula is C18H16O4. The summed E-state index contributed by atoms with van der Waals surface area (Å²) in [6.45, 7) is 2.47. The Balaban J connectivity index is 2.23. The summed E-state index contributed by atoms with van der Waals surface area (Å²) in [7, 11) is 0. The molecule has 1 aromatic heterocycles. The van der Waals surface area contributed by atoms with Crippen molar-refractivity contribution >= 4 is 11.0 Å². The fourth-order valence-corrected chi connectivity index (χ4v) is 2.38. The molecule has 2 aromatic carbocycles. The summed E-state index contributed by atoms with van der Waals surface area (Å²) >= 11 is 0. The van der Waals surface area contributed by atoms with E-state index in [0.717, 1.165) is 17.5 Å². The van der Waals surface area contributed by atoms with Gasteiger partial charge in [0, 0.05) is 11.5 Å². The predicted octanol–water partition coefficient (Wildman–Crippen LogP) is 3.95. The monoisotopic (exact) mass is 296 g/mol. The van der Waals surface area contributed by atoms with Gasteiger partial charge in [-0.2, -0.15) is 0 Å². The molecule has 0 aliphatic carbocycles. The molecule has 3 aromatic rings. The number of ether oxygens (including phenoxy) is 1. The Bertz CT molecular complexity index is 850. The molecule has 0 aliphatic rings. The number of benzene rings is 2. The number of hydrogen-bond donors (Lipinski definition) is 1. The summed E-state index contributed by atoms with van der Waals surface area (Å²) < 4.78 is 10.7. The van der Waals surface area contributed by atoms with Crippen LogP contribution in [-0.4, -0.2) is 11.7 Å². The van der Waals surface area contributed by atoms with Crippen LogP contribution in [-0.2, 0) is 0 Å². The number of fused-ring (bicyclic) bond motifs is 1. The third-order valence-electron chi connectivity index (χ3n) is 3.40. The van der Waals surface area contributed by atoms with Crippen molar-refractivity contribution in [3.63, 3.8) is 0 Å². The first kappa shape index (κ1) is 14.2. The van der Waals surface area contributed by atoms with Crippen LogP contribution in [0.3, 0.4) is 0 Å². The molecule has 0 saturated heterocycles. The molecule has 0 bridgehead atoms. The van der Waals surface area contributed by atoms with E-state index >= 15 is 0 Å². The minimum atomic E-state index is -0.505. The molecule has 0 spiro atoms. The summed E-state index contributed by atoms with van der Waals surface area (Å²) in [5, 5.41) is 11.0. The molecular weight excluding hydrogens is 280 g/mol. The quantitative estimate of drug-likeness (QED) is 0.740. The maximum atomic E-state index is 11.8. The Morgan fingerprint density at radius 1 is 1.14 bits per heavy atom. The molecule has 4 nitrogen and oxygen atoms in total. The zero-order valence-electron chi connectivity index (χ0n) is 12.2. The van der Waals surface area contributed by atoms with Crippen LogP contribution in [0, 0.1) is 0 Å². The topological polar surface area (TPSA) is 59.7 Å². The van der Waals surface area contributed by atoms with Gasteiger partial charge in [-0.3, -0.25) is 0 Å².